The fourth-order valence-corrected chi connectivity index (χ4v) is 8.10. The average Bonchev–Trinajstić information content (AvgIpc) is 3.72. The molecule has 10 heteroatoms. The van der Waals surface area contributed by atoms with Gasteiger partial charge in [-0.15, -0.1) is 0 Å². The van der Waals surface area contributed by atoms with Crippen molar-refractivity contribution in [3.8, 4) is 0 Å². The number of hydrogen-bond acceptors (Lipinski definition) is 7. The first-order valence-corrected chi connectivity index (χ1v) is 15.7. The van der Waals surface area contributed by atoms with Crippen molar-refractivity contribution >= 4 is 47.3 Å². The molecule has 2 aromatic rings. The molecule has 6 atom stereocenters. The number of nitrogens with one attached hydrogen (secondary N) is 4. The van der Waals surface area contributed by atoms with Crippen molar-refractivity contribution in [2.75, 3.05) is 7.11 Å². The zero-order valence-corrected chi connectivity index (χ0v) is 26.8. The van der Waals surface area contributed by atoms with Crippen LogP contribution in [-0.2, 0) is 14.3 Å². The molecule has 45 heavy (non-hydrogen) atoms. The molecule has 0 radical (unpaired) electrons. The number of aliphatic hydroxyl groups is 1. The number of methoxy groups -OCH3 is 1. The largest absolute Gasteiger partial charge is 0.510 e. The van der Waals surface area contributed by atoms with Crippen LogP contribution in [0.15, 0.2) is 17.1 Å². The second-order valence-corrected chi connectivity index (χ2v) is 13.0. The minimum absolute atomic E-state index is 0.0357. The van der Waals surface area contributed by atoms with Gasteiger partial charge < -0.3 is 35.6 Å². The summed E-state index contributed by atoms with van der Waals surface area (Å²) in [5, 5.41) is 29.8. The molecule has 0 amide bonds. The maximum Gasteiger partial charge on any atom is 0.320 e. The summed E-state index contributed by atoms with van der Waals surface area (Å²) in [5.74, 6) is -2.56. The van der Waals surface area contributed by atoms with E-state index in [-0.39, 0.29) is 41.6 Å². The SMILES string of the molecule is CC[C@H]1/C2=C/c3[nH]c4c(c3C)=C(O)[C@H](C(=O)OC)C=4C3N/C(=C\c4[nH]c(c(C(C)=O)c4C)/C=C(\N2)[C@@H]1C)[C@@H](C)[C@@H]3CCC(=O)O. The van der Waals surface area contributed by atoms with E-state index in [9.17, 15) is 24.6 Å². The van der Waals surface area contributed by atoms with E-state index in [4.69, 9.17) is 4.74 Å². The van der Waals surface area contributed by atoms with Crippen molar-refractivity contribution in [2.45, 2.75) is 66.8 Å². The third kappa shape index (κ3) is 4.73. The van der Waals surface area contributed by atoms with Crippen LogP contribution in [0.25, 0.3) is 29.6 Å². The number of ketones is 1. The molecule has 2 saturated heterocycles. The van der Waals surface area contributed by atoms with Gasteiger partial charge in [-0.05, 0) is 74.5 Å². The minimum atomic E-state index is -1.03. The van der Waals surface area contributed by atoms with Crippen LogP contribution in [0.2, 0.25) is 0 Å². The molecule has 1 unspecified atom stereocenters. The number of aliphatic hydroxyl groups excluding tert-OH is 1. The summed E-state index contributed by atoms with van der Waals surface area (Å²) in [4.78, 5) is 45.1. The van der Waals surface area contributed by atoms with E-state index in [0.29, 0.717) is 28.1 Å². The Bertz CT molecular complexity index is 1850. The average molecular weight is 615 g/mol. The van der Waals surface area contributed by atoms with Gasteiger partial charge in [0.15, 0.2) is 5.78 Å². The quantitative estimate of drug-likeness (QED) is 0.212. The number of carboxylic acid groups (broad SMARTS) is 1. The van der Waals surface area contributed by atoms with Crippen LogP contribution in [0.1, 0.15) is 85.5 Å². The first kappa shape index (κ1) is 30.6. The Morgan fingerprint density at radius 1 is 0.933 bits per heavy atom. The summed E-state index contributed by atoms with van der Waals surface area (Å²) in [6.45, 7) is 11.8. The van der Waals surface area contributed by atoms with Gasteiger partial charge in [-0.3, -0.25) is 14.4 Å². The van der Waals surface area contributed by atoms with Gasteiger partial charge in [0.2, 0.25) is 0 Å². The van der Waals surface area contributed by atoms with Gasteiger partial charge in [0.1, 0.15) is 11.7 Å². The normalized spacial score (nSPS) is 30.1. The molecule has 2 fully saturated rings. The molecule has 3 aliphatic heterocycles. The number of carboxylic acids is 1. The third-order valence-electron chi connectivity index (χ3n) is 10.6. The number of carbonyl (C=O) groups excluding carboxylic acids is 2. The molecule has 10 nitrogen and oxygen atoms in total. The Hall–Kier alpha value is -4.47. The lowest BCUT2D eigenvalue weighted by Gasteiger charge is -2.26. The molecule has 0 saturated carbocycles. The van der Waals surface area contributed by atoms with Crippen LogP contribution < -0.4 is 21.2 Å². The van der Waals surface area contributed by atoms with Gasteiger partial charge >= 0.3 is 11.9 Å². The molecular weight excluding hydrogens is 572 g/mol. The number of hydrogen-bond donors (Lipinski definition) is 6. The predicted octanol–water partition coefficient (Wildman–Crippen LogP) is 3.87. The summed E-state index contributed by atoms with van der Waals surface area (Å²) in [6.07, 6.45) is 7.33. The van der Waals surface area contributed by atoms with E-state index < -0.39 is 23.9 Å². The molecule has 0 spiro atoms. The predicted molar refractivity (Wildman–Crippen MR) is 172 cm³/mol. The number of esters is 1. The monoisotopic (exact) mass is 614 g/mol. The number of ether oxygens (including phenoxy) is 1. The number of Topliss-reactive ketones (excluding diaryl/α,β-unsaturated/α-hetero) is 1. The Kier molecular flexibility index (Phi) is 7.57. The number of H-pyrrole nitrogens is 2. The number of carbonyl (C=O) groups is 3. The van der Waals surface area contributed by atoms with Crippen LogP contribution >= 0.6 is 0 Å². The molecule has 0 aromatic carbocycles. The first-order valence-electron chi connectivity index (χ1n) is 15.7. The molecule has 1 aliphatic carbocycles. The molecule has 2 aromatic heterocycles. The van der Waals surface area contributed by atoms with Crippen LogP contribution in [0.5, 0.6) is 0 Å². The molecule has 8 bridgehead atoms. The van der Waals surface area contributed by atoms with Crippen LogP contribution in [-0.4, -0.2) is 51.1 Å². The van der Waals surface area contributed by atoms with Crippen molar-refractivity contribution in [2.24, 2.45) is 29.6 Å². The fourth-order valence-electron chi connectivity index (χ4n) is 8.10. The highest BCUT2D eigenvalue weighted by atomic mass is 16.5. The molecule has 4 aliphatic rings. The summed E-state index contributed by atoms with van der Waals surface area (Å²) in [6, 6.07) is -0.467. The lowest BCUT2D eigenvalue weighted by Crippen LogP contribution is -2.38. The maximum atomic E-state index is 13.3. The zero-order chi connectivity index (χ0) is 32.5. The Morgan fingerprint density at radius 3 is 2.24 bits per heavy atom. The van der Waals surface area contributed by atoms with Crippen LogP contribution in [0, 0.1) is 43.4 Å². The molecule has 6 N–H and O–H groups in total. The third-order valence-corrected chi connectivity index (χ3v) is 10.6. The van der Waals surface area contributed by atoms with E-state index in [1.807, 2.05) is 32.9 Å². The highest BCUT2D eigenvalue weighted by Crippen LogP contribution is 2.43. The number of aromatic amines is 2. The molecule has 238 valence electrons. The molecule has 6 rings (SSSR count). The van der Waals surface area contributed by atoms with E-state index in [2.05, 4.69) is 40.5 Å². The number of aromatic nitrogens is 2. The Morgan fingerprint density at radius 2 is 1.60 bits per heavy atom. The van der Waals surface area contributed by atoms with Gasteiger partial charge in [0.25, 0.3) is 0 Å². The number of aliphatic carboxylic acids is 1. The number of fused-ring (bicyclic) bond motifs is 8. The summed E-state index contributed by atoms with van der Waals surface area (Å²) >= 11 is 0. The van der Waals surface area contributed by atoms with E-state index in [1.165, 1.54) is 7.11 Å². The summed E-state index contributed by atoms with van der Waals surface area (Å²) in [7, 11) is 1.31. The topological polar surface area (TPSA) is 157 Å². The Labute approximate surface area is 262 Å². The number of rotatable bonds is 6. The van der Waals surface area contributed by atoms with E-state index >= 15 is 0 Å². The van der Waals surface area contributed by atoms with Gasteiger partial charge in [-0.25, -0.2) is 0 Å². The smallest absolute Gasteiger partial charge is 0.320 e. The summed E-state index contributed by atoms with van der Waals surface area (Å²) < 4.78 is 5.20. The standard InChI is InChI=1S/C35H42N4O6/c1-8-19-14(2)21-13-26-28(18(6)40)16(4)23(37-26)11-22-15(3)20(9-10-27(41)42)32(38-22)30-31(35(44)45-7)34(43)29-17(5)24(39-33(29)30)12-25(19)36-21/h11-15,19-20,31-32,36-39,43H,8-10H2,1-7H3,(H,41,42)/b21-13-,22-11-,25-12-/t14-,15+,19-,20+,31-,32?/m1/s1. The second-order valence-electron chi connectivity index (χ2n) is 13.0. The van der Waals surface area contributed by atoms with Gasteiger partial charge in [0.05, 0.1) is 24.2 Å². The van der Waals surface area contributed by atoms with Crippen molar-refractivity contribution < 1.29 is 29.3 Å². The summed E-state index contributed by atoms with van der Waals surface area (Å²) in [5.41, 5.74) is 8.17. The van der Waals surface area contributed by atoms with Crippen LogP contribution in [0.4, 0.5) is 0 Å². The van der Waals surface area contributed by atoms with Gasteiger partial charge in [0, 0.05) is 63.4 Å². The first-order chi connectivity index (χ1) is 21.4. The van der Waals surface area contributed by atoms with Crippen molar-refractivity contribution in [3.05, 3.63) is 61.4 Å². The Balaban J connectivity index is 1.67. The van der Waals surface area contributed by atoms with E-state index in [0.717, 1.165) is 51.7 Å². The van der Waals surface area contributed by atoms with Crippen molar-refractivity contribution in [1.82, 2.24) is 20.6 Å². The lowest BCUT2D eigenvalue weighted by atomic mass is 9.80. The van der Waals surface area contributed by atoms with Crippen LogP contribution in [0.3, 0.4) is 0 Å². The van der Waals surface area contributed by atoms with Gasteiger partial charge in [-0.1, -0.05) is 20.8 Å². The van der Waals surface area contributed by atoms with Crippen molar-refractivity contribution in [1.29, 1.82) is 0 Å². The highest BCUT2D eigenvalue weighted by molar-refractivity contribution is 6.00. The second kappa shape index (κ2) is 11.2. The fraction of sp³-hybridized carbons (Fsp3) is 0.457. The number of allylic oxidation sites excluding steroid dienone is 3. The van der Waals surface area contributed by atoms with E-state index in [1.54, 1.807) is 6.92 Å². The highest BCUT2D eigenvalue weighted by Gasteiger charge is 2.47. The van der Waals surface area contributed by atoms with Crippen molar-refractivity contribution in [3.63, 3.8) is 0 Å². The molecular formula is C35H42N4O6. The minimum Gasteiger partial charge on any atom is -0.510 e. The van der Waals surface area contributed by atoms with Gasteiger partial charge in [-0.2, -0.15) is 0 Å². The lowest BCUT2D eigenvalue weighted by molar-refractivity contribution is -0.142. The molecule has 5 heterocycles. The zero-order valence-electron chi connectivity index (χ0n) is 26.8. The maximum absolute atomic E-state index is 13.3.